The highest BCUT2D eigenvalue weighted by molar-refractivity contribution is 7.85. The summed E-state index contributed by atoms with van der Waals surface area (Å²) in [6.07, 6.45) is 41.7. The second kappa shape index (κ2) is 33.7. The van der Waals surface area contributed by atoms with E-state index in [9.17, 15) is 22.9 Å². The van der Waals surface area contributed by atoms with Gasteiger partial charge in [0.1, 0.15) is 0 Å². The molecule has 0 bridgehead atoms. The standard InChI is InChI=1S/C39H75NO5S/c1-3-5-7-9-11-13-15-17-18-19-20-21-22-23-25-27-29-31-33-35-39(42)40-37(36-46(43,44)45)38(41)34-32-30-28-26-24-16-14-12-10-8-6-4-2/h24,26,32,34,37-38,41H,3-23,25,27-31,33,35-36H2,1-2H3,(H,40,42)(H,43,44,45)/b26-24+,34-32+. The summed E-state index contributed by atoms with van der Waals surface area (Å²) in [5, 5.41) is 13.2. The van der Waals surface area contributed by atoms with E-state index in [0.717, 1.165) is 38.5 Å². The molecule has 0 saturated heterocycles. The van der Waals surface area contributed by atoms with Gasteiger partial charge in [0, 0.05) is 6.42 Å². The van der Waals surface area contributed by atoms with Crippen LogP contribution >= 0.6 is 0 Å². The number of unbranched alkanes of at least 4 members (excludes halogenated alkanes) is 25. The molecule has 2 unspecified atom stereocenters. The van der Waals surface area contributed by atoms with Crippen molar-refractivity contribution in [2.45, 2.75) is 212 Å². The van der Waals surface area contributed by atoms with Crippen molar-refractivity contribution >= 4 is 16.0 Å². The number of aliphatic hydroxyl groups excluding tert-OH is 1. The molecule has 0 heterocycles. The third-order valence-electron chi connectivity index (χ3n) is 8.88. The quantitative estimate of drug-likeness (QED) is 0.0354. The van der Waals surface area contributed by atoms with Gasteiger partial charge in [0.05, 0.1) is 17.9 Å². The van der Waals surface area contributed by atoms with Crippen molar-refractivity contribution in [3.8, 4) is 0 Å². The number of nitrogens with one attached hydrogen (secondary N) is 1. The van der Waals surface area contributed by atoms with E-state index in [0.29, 0.717) is 6.42 Å². The predicted molar refractivity (Wildman–Crippen MR) is 198 cm³/mol. The van der Waals surface area contributed by atoms with Gasteiger partial charge in [-0.1, -0.05) is 186 Å². The second-order valence-electron chi connectivity index (χ2n) is 13.6. The fourth-order valence-electron chi connectivity index (χ4n) is 5.94. The lowest BCUT2D eigenvalue weighted by molar-refractivity contribution is -0.122. The highest BCUT2D eigenvalue weighted by Gasteiger charge is 2.24. The van der Waals surface area contributed by atoms with Gasteiger partial charge in [0.15, 0.2) is 0 Å². The predicted octanol–water partition coefficient (Wildman–Crippen LogP) is 11.2. The summed E-state index contributed by atoms with van der Waals surface area (Å²) < 4.78 is 32.4. The second-order valence-corrected chi connectivity index (χ2v) is 15.1. The number of carbonyl (C=O) groups excluding carboxylic acids is 1. The summed E-state index contributed by atoms with van der Waals surface area (Å²) in [5.41, 5.74) is 0. The Labute approximate surface area is 285 Å². The van der Waals surface area contributed by atoms with Gasteiger partial charge < -0.3 is 10.4 Å². The first kappa shape index (κ1) is 44.8. The number of rotatable bonds is 35. The molecule has 0 fully saturated rings. The van der Waals surface area contributed by atoms with Crippen molar-refractivity contribution in [2.75, 3.05) is 5.75 Å². The van der Waals surface area contributed by atoms with E-state index >= 15 is 0 Å². The highest BCUT2D eigenvalue weighted by Crippen LogP contribution is 2.15. The average molecular weight is 670 g/mol. The minimum atomic E-state index is -4.34. The number of hydrogen-bond acceptors (Lipinski definition) is 4. The van der Waals surface area contributed by atoms with Crippen LogP contribution in [-0.4, -0.2) is 41.9 Å². The Hall–Kier alpha value is -1.18. The molecule has 6 nitrogen and oxygen atoms in total. The number of amides is 1. The molecule has 0 radical (unpaired) electrons. The van der Waals surface area contributed by atoms with Crippen molar-refractivity contribution in [1.82, 2.24) is 5.32 Å². The van der Waals surface area contributed by atoms with E-state index in [4.69, 9.17) is 0 Å². The van der Waals surface area contributed by atoms with Crippen LogP contribution < -0.4 is 5.32 Å². The Balaban J connectivity index is 3.90. The van der Waals surface area contributed by atoms with E-state index in [1.807, 2.05) is 0 Å². The van der Waals surface area contributed by atoms with Crippen molar-refractivity contribution in [2.24, 2.45) is 0 Å². The highest BCUT2D eigenvalue weighted by atomic mass is 32.2. The molecular formula is C39H75NO5S. The van der Waals surface area contributed by atoms with Gasteiger partial charge in [-0.15, -0.1) is 0 Å². The molecule has 2 atom stereocenters. The third-order valence-corrected chi connectivity index (χ3v) is 9.66. The Kier molecular flexibility index (Phi) is 32.8. The van der Waals surface area contributed by atoms with Crippen molar-refractivity contribution in [3.63, 3.8) is 0 Å². The maximum atomic E-state index is 12.5. The van der Waals surface area contributed by atoms with Gasteiger partial charge >= 0.3 is 0 Å². The molecule has 0 aromatic rings. The van der Waals surface area contributed by atoms with Crippen LogP contribution in [0.3, 0.4) is 0 Å². The van der Waals surface area contributed by atoms with Gasteiger partial charge in [0.25, 0.3) is 10.1 Å². The summed E-state index contributed by atoms with van der Waals surface area (Å²) in [6, 6.07) is -1.07. The van der Waals surface area contributed by atoms with E-state index in [2.05, 4.69) is 31.3 Å². The Morgan fingerprint density at radius 3 is 1.37 bits per heavy atom. The average Bonchev–Trinajstić information content (AvgIpc) is 3.01. The molecule has 0 rings (SSSR count). The molecule has 7 heteroatoms. The van der Waals surface area contributed by atoms with E-state index in [1.54, 1.807) is 6.08 Å². The molecule has 0 aliphatic carbocycles. The largest absolute Gasteiger partial charge is 0.387 e. The molecule has 0 aliphatic rings. The van der Waals surface area contributed by atoms with Gasteiger partial charge in [-0.25, -0.2) is 0 Å². The zero-order valence-corrected chi connectivity index (χ0v) is 31.0. The topological polar surface area (TPSA) is 104 Å². The molecule has 3 N–H and O–H groups in total. The van der Waals surface area contributed by atoms with Gasteiger partial charge in [-0.05, 0) is 32.1 Å². The van der Waals surface area contributed by atoms with Crippen LogP contribution in [0.25, 0.3) is 0 Å². The maximum Gasteiger partial charge on any atom is 0.267 e. The van der Waals surface area contributed by atoms with Crippen LogP contribution in [0, 0.1) is 0 Å². The molecule has 0 aromatic carbocycles. The summed E-state index contributed by atoms with van der Waals surface area (Å²) in [5.74, 6) is -0.993. The minimum Gasteiger partial charge on any atom is -0.387 e. The van der Waals surface area contributed by atoms with Crippen LogP contribution in [0.2, 0.25) is 0 Å². The fourth-order valence-corrected chi connectivity index (χ4v) is 6.67. The Morgan fingerprint density at radius 2 is 0.935 bits per heavy atom. The third kappa shape index (κ3) is 34.2. The monoisotopic (exact) mass is 670 g/mol. The molecule has 0 saturated carbocycles. The zero-order chi connectivity index (χ0) is 34.0. The van der Waals surface area contributed by atoms with Gasteiger partial charge in [0.2, 0.25) is 5.91 Å². The van der Waals surface area contributed by atoms with Crippen molar-refractivity contribution in [1.29, 1.82) is 0 Å². The first-order valence-corrected chi connectivity index (χ1v) is 21.1. The minimum absolute atomic E-state index is 0.286. The molecule has 1 amide bonds. The van der Waals surface area contributed by atoms with Crippen molar-refractivity contribution < 1.29 is 22.9 Å². The smallest absolute Gasteiger partial charge is 0.267 e. The van der Waals surface area contributed by atoms with Crippen LogP contribution in [-0.2, 0) is 14.9 Å². The van der Waals surface area contributed by atoms with E-state index in [-0.39, 0.29) is 5.91 Å². The van der Waals surface area contributed by atoms with Gasteiger partial charge in [-0.3, -0.25) is 9.35 Å². The summed E-state index contributed by atoms with van der Waals surface area (Å²) in [7, 11) is -4.34. The molecule has 272 valence electrons. The summed E-state index contributed by atoms with van der Waals surface area (Å²) in [6.45, 7) is 4.50. The van der Waals surface area contributed by atoms with Crippen LogP contribution in [0.1, 0.15) is 200 Å². The van der Waals surface area contributed by atoms with Crippen LogP contribution in [0.15, 0.2) is 24.3 Å². The first-order chi connectivity index (χ1) is 22.3. The van der Waals surface area contributed by atoms with E-state index < -0.39 is 28.0 Å². The normalized spacial score (nSPS) is 13.6. The molecule has 0 aliphatic heterocycles. The number of carbonyl (C=O) groups is 1. The molecule has 0 spiro atoms. The maximum absolute atomic E-state index is 12.5. The molecule has 46 heavy (non-hydrogen) atoms. The Morgan fingerprint density at radius 1 is 0.565 bits per heavy atom. The Bertz CT molecular complexity index is 826. The van der Waals surface area contributed by atoms with Gasteiger partial charge in [-0.2, -0.15) is 8.42 Å². The SMILES string of the molecule is CCCCCCCC/C=C/CC/C=C/C(O)C(CS(=O)(=O)O)NC(=O)CCCCCCCCCCCCCCCCCCCCC. The lowest BCUT2D eigenvalue weighted by atomic mass is 10.0. The fraction of sp³-hybridized carbons (Fsp3) is 0.872. The first-order valence-electron chi connectivity index (χ1n) is 19.5. The summed E-state index contributed by atoms with van der Waals surface area (Å²) in [4.78, 5) is 12.5. The van der Waals surface area contributed by atoms with Crippen LogP contribution in [0.4, 0.5) is 0 Å². The number of allylic oxidation sites excluding steroid dienone is 3. The lowest BCUT2D eigenvalue weighted by Gasteiger charge is -2.21. The van der Waals surface area contributed by atoms with Crippen LogP contribution in [0.5, 0.6) is 0 Å². The van der Waals surface area contributed by atoms with E-state index in [1.165, 1.54) is 147 Å². The molecular weight excluding hydrogens is 594 g/mol. The zero-order valence-electron chi connectivity index (χ0n) is 30.2. The number of hydrogen-bond donors (Lipinski definition) is 3. The van der Waals surface area contributed by atoms with Crippen molar-refractivity contribution in [3.05, 3.63) is 24.3 Å². The lowest BCUT2D eigenvalue weighted by Crippen LogP contribution is -2.46. The summed E-state index contributed by atoms with van der Waals surface area (Å²) >= 11 is 0. The number of aliphatic hydroxyl groups is 1. The molecule has 0 aromatic heterocycles.